The van der Waals surface area contributed by atoms with Crippen molar-refractivity contribution in [1.82, 2.24) is 15.6 Å². The van der Waals surface area contributed by atoms with E-state index in [1.807, 2.05) is 13.8 Å². The molecule has 0 bridgehead atoms. The Bertz CT molecular complexity index is 1550. The Kier molecular flexibility index (Phi) is 9.71. The molecule has 0 radical (unpaired) electrons. The van der Waals surface area contributed by atoms with E-state index in [0.717, 1.165) is 18.6 Å². The first-order chi connectivity index (χ1) is 21.2. The first kappa shape index (κ1) is 31.3. The molecule has 7 nitrogen and oxygen atoms in total. The van der Waals surface area contributed by atoms with Crippen molar-refractivity contribution in [3.05, 3.63) is 87.7 Å². The van der Waals surface area contributed by atoms with Gasteiger partial charge in [0.2, 0.25) is 0 Å². The van der Waals surface area contributed by atoms with Crippen molar-refractivity contribution in [2.75, 3.05) is 6.61 Å². The smallest absolute Gasteiger partial charge is 0.340 e. The van der Waals surface area contributed by atoms with E-state index in [-0.39, 0.29) is 31.0 Å². The lowest BCUT2D eigenvalue weighted by molar-refractivity contribution is 0.0525. The first-order valence-corrected chi connectivity index (χ1v) is 15.5. The normalized spacial score (nSPS) is 16.5. The van der Waals surface area contributed by atoms with Gasteiger partial charge in [0.25, 0.3) is 11.8 Å². The molecule has 44 heavy (non-hydrogen) atoms. The Hall–Kier alpha value is -4.14. The predicted octanol–water partition coefficient (Wildman–Crippen LogP) is 7.09. The molecule has 1 saturated carbocycles. The Labute approximate surface area is 256 Å². The maximum Gasteiger partial charge on any atom is 0.340 e. The standard InChI is InChI=1S/C35H39F2N3O4/c1-4-44-35(43)29-27(17-11-21-8-6-5-7-9-21)39-32-30(34(42)40-31(32)20(2)3)28(29)23-12-14-24(15-13-23)33(41)38-19-22-10-16-25(36)26(37)18-22/h10,12-16,18,20-21,31H,4-9,11,17,19H2,1-3H3,(H,38,41)(H,40,42). The molecule has 1 fully saturated rings. The van der Waals surface area contributed by atoms with Crippen molar-refractivity contribution in [1.29, 1.82) is 0 Å². The minimum absolute atomic E-state index is 0.0176. The number of fused-ring (bicyclic) bond motifs is 1. The van der Waals surface area contributed by atoms with Gasteiger partial charge in [-0.3, -0.25) is 14.6 Å². The van der Waals surface area contributed by atoms with Gasteiger partial charge in [0.1, 0.15) is 0 Å². The molecule has 0 saturated heterocycles. The molecule has 1 aliphatic carbocycles. The second-order valence-electron chi connectivity index (χ2n) is 12.0. The molecule has 1 atom stereocenters. The molecule has 2 amide bonds. The first-order valence-electron chi connectivity index (χ1n) is 15.5. The Morgan fingerprint density at radius 1 is 1.02 bits per heavy atom. The van der Waals surface area contributed by atoms with Gasteiger partial charge < -0.3 is 15.4 Å². The number of nitrogens with zero attached hydrogens (tertiary/aromatic N) is 1. The van der Waals surface area contributed by atoms with Crippen molar-refractivity contribution in [2.24, 2.45) is 11.8 Å². The topological polar surface area (TPSA) is 97.4 Å². The highest BCUT2D eigenvalue weighted by Crippen LogP contribution is 2.40. The number of rotatable bonds is 10. The largest absolute Gasteiger partial charge is 0.462 e. The number of aryl methyl sites for hydroxylation is 1. The van der Waals surface area contributed by atoms with Crippen LogP contribution in [0.15, 0.2) is 42.5 Å². The van der Waals surface area contributed by atoms with Gasteiger partial charge in [-0.2, -0.15) is 0 Å². The minimum atomic E-state index is -0.981. The van der Waals surface area contributed by atoms with Crippen molar-refractivity contribution in [3.8, 4) is 11.1 Å². The number of benzene rings is 2. The number of hydrogen-bond acceptors (Lipinski definition) is 5. The third-order valence-corrected chi connectivity index (χ3v) is 8.64. The molecular weight excluding hydrogens is 564 g/mol. The molecule has 232 valence electrons. The van der Waals surface area contributed by atoms with Gasteiger partial charge in [0.15, 0.2) is 11.6 Å². The van der Waals surface area contributed by atoms with Crippen molar-refractivity contribution < 1.29 is 27.9 Å². The molecule has 2 N–H and O–H groups in total. The van der Waals surface area contributed by atoms with Gasteiger partial charge >= 0.3 is 5.97 Å². The lowest BCUT2D eigenvalue weighted by Crippen LogP contribution is -2.23. The van der Waals surface area contributed by atoms with Crippen LogP contribution in [0.25, 0.3) is 11.1 Å². The number of esters is 1. The Morgan fingerprint density at radius 3 is 2.41 bits per heavy atom. The van der Waals surface area contributed by atoms with Crippen LogP contribution in [-0.2, 0) is 17.7 Å². The molecule has 2 heterocycles. The maximum atomic E-state index is 13.6. The lowest BCUT2D eigenvalue weighted by atomic mass is 9.84. The van der Waals surface area contributed by atoms with Crippen molar-refractivity contribution >= 4 is 17.8 Å². The number of nitrogens with one attached hydrogen (secondary N) is 2. The highest BCUT2D eigenvalue weighted by atomic mass is 19.2. The summed E-state index contributed by atoms with van der Waals surface area (Å²) in [5.74, 6) is -2.50. The van der Waals surface area contributed by atoms with Crippen LogP contribution in [0.5, 0.6) is 0 Å². The van der Waals surface area contributed by atoms with E-state index in [4.69, 9.17) is 9.72 Å². The summed E-state index contributed by atoms with van der Waals surface area (Å²) in [6.07, 6.45) is 7.53. The summed E-state index contributed by atoms with van der Waals surface area (Å²) in [4.78, 5) is 44.9. The third-order valence-electron chi connectivity index (χ3n) is 8.64. The predicted molar refractivity (Wildman–Crippen MR) is 163 cm³/mol. The summed E-state index contributed by atoms with van der Waals surface area (Å²) in [5, 5.41) is 5.78. The number of amides is 2. The number of aromatic nitrogens is 1. The molecule has 9 heteroatoms. The van der Waals surface area contributed by atoms with Gasteiger partial charge in [0.05, 0.1) is 35.2 Å². The van der Waals surface area contributed by atoms with Crippen LogP contribution in [-0.4, -0.2) is 29.4 Å². The number of hydrogen-bond donors (Lipinski definition) is 2. The number of carbonyl (C=O) groups is 3. The zero-order valence-corrected chi connectivity index (χ0v) is 25.5. The van der Waals surface area contributed by atoms with E-state index in [1.54, 1.807) is 31.2 Å². The highest BCUT2D eigenvalue weighted by molar-refractivity contribution is 6.11. The second-order valence-corrected chi connectivity index (χ2v) is 12.0. The minimum Gasteiger partial charge on any atom is -0.462 e. The fraction of sp³-hybridized carbons (Fsp3) is 0.429. The lowest BCUT2D eigenvalue weighted by Gasteiger charge is -2.23. The average molecular weight is 604 g/mol. The number of pyridine rings is 1. The van der Waals surface area contributed by atoms with E-state index >= 15 is 0 Å². The van der Waals surface area contributed by atoms with Crippen LogP contribution in [0.4, 0.5) is 8.78 Å². The summed E-state index contributed by atoms with van der Waals surface area (Å²) in [6, 6.07) is 9.84. The Balaban J connectivity index is 1.51. The summed E-state index contributed by atoms with van der Waals surface area (Å²) in [6.45, 7) is 5.99. The molecule has 2 aromatic carbocycles. The van der Waals surface area contributed by atoms with E-state index in [1.165, 1.54) is 38.2 Å². The summed E-state index contributed by atoms with van der Waals surface area (Å²) in [5.41, 5.74) is 3.77. The number of carbonyl (C=O) groups excluding carboxylic acids is 3. The van der Waals surface area contributed by atoms with Crippen LogP contribution in [0.3, 0.4) is 0 Å². The second kappa shape index (κ2) is 13.7. The van der Waals surface area contributed by atoms with Gasteiger partial charge in [-0.25, -0.2) is 13.6 Å². The molecule has 0 spiro atoms. The van der Waals surface area contributed by atoms with Crippen LogP contribution < -0.4 is 10.6 Å². The van der Waals surface area contributed by atoms with Gasteiger partial charge in [-0.15, -0.1) is 0 Å². The maximum absolute atomic E-state index is 13.6. The molecule has 5 rings (SSSR count). The van der Waals surface area contributed by atoms with Gasteiger partial charge in [0, 0.05) is 17.7 Å². The highest BCUT2D eigenvalue weighted by Gasteiger charge is 2.38. The fourth-order valence-electron chi connectivity index (χ4n) is 6.31. The van der Waals surface area contributed by atoms with Crippen molar-refractivity contribution in [2.45, 2.75) is 78.3 Å². The van der Waals surface area contributed by atoms with Crippen LogP contribution >= 0.6 is 0 Å². The zero-order valence-electron chi connectivity index (χ0n) is 25.5. The van der Waals surface area contributed by atoms with E-state index < -0.39 is 23.5 Å². The molecule has 2 aliphatic rings. The summed E-state index contributed by atoms with van der Waals surface area (Å²) < 4.78 is 32.4. The zero-order chi connectivity index (χ0) is 31.4. The number of halogens is 2. The van der Waals surface area contributed by atoms with Gasteiger partial charge in [-0.05, 0) is 67.0 Å². The van der Waals surface area contributed by atoms with Crippen molar-refractivity contribution in [3.63, 3.8) is 0 Å². The van der Waals surface area contributed by atoms with Crippen LogP contribution in [0.1, 0.15) is 113 Å². The summed E-state index contributed by atoms with van der Waals surface area (Å²) >= 11 is 0. The van der Waals surface area contributed by atoms with E-state index in [0.29, 0.717) is 57.1 Å². The van der Waals surface area contributed by atoms with Gasteiger partial charge in [-0.1, -0.05) is 64.2 Å². The molecule has 1 unspecified atom stereocenters. The fourth-order valence-corrected chi connectivity index (χ4v) is 6.31. The van der Waals surface area contributed by atoms with Crippen LogP contribution in [0.2, 0.25) is 0 Å². The monoisotopic (exact) mass is 603 g/mol. The van der Waals surface area contributed by atoms with E-state index in [9.17, 15) is 23.2 Å². The Morgan fingerprint density at radius 2 is 1.75 bits per heavy atom. The molecule has 1 aromatic heterocycles. The molecule has 3 aromatic rings. The summed E-state index contributed by atoms with van der Waals surface area (Å²) in [7, 11) is 0. The van der Waals surface area contributed by atoms with Crippen LogP contribution in [0, 0.1) is 23.5 Å². The molecule has 1 aliphatic heterocycles. The van der Waals surface area contributed by atoms with E-state index in [2.05, 4.69) is 10.6 Å². The third kappa shape index (κ3) is 6.66. The average Bonchev–Trinajstić information content (AvgIpc) is 3.36. The number of ether oxygens (including phenoxy) is 1. The SMILES string of the molecule is CCOC(=O)c1c(CCC2CCCCC2)nc2c(c1-c1ccc(C(=O)NCc3ccc(F)c(F)c3)cc1)C(=O)NC2C(C)C. The quantitative estimate of drug-likeness (QED) is 0.241. The molecular formula is C35H39F2N3O4.